The number of aromatic nitrogens is 2. The van der Waals surface area contributed by atoms with E-state index in [0.717, 1.165) is 21.1 Å². The number of aryl methyl sites for hydroxylation is 1. The second-order valence-corrected chi connectivity index (χ2v) is 4.70. The monoisotopic (exact) mass is 268 g/mol. The van der Waals surface area contributed by atoms with Crippen LogP contribution >= 0.6 is 15.9 Å². The molecule has 0 spiro atoms. The fraction of sp³-hybridized carbons (Fsp3) is 0.364. The van der Waals surface area contributed by atoms with Gasteiger partial charge < -0.3 is 5.11 Å². The molecule has 2 aromatic rings. The molecule has 15 heavy (non-hydrogen) atoms. The van der Waals surface area contributed by atoms with Crippen molar-refractivity contribution < 1.29 is 5.11 Å². The zero-order valence-corrected chi connectivity index (χ0v) is 10.3. The normalized spacial score (nSPS) is 13.3. The predicted octanol–water partition coefficient (Wildman–Crippen LogP) is 2.26. The topological polar surface area (TPSA) is 38.1 Å². The van der Waals surface area contributed by atoms with E-state index in [9.17, 15) is 5.11 Å². The molecule has 0 bridgehead atoms. The zero-order chi connectivity index (χ0) is 11.0. The molecule has 2 rings (SSSR count). The number of benzene rings is 1. The lowest BCUT2D eigenvalue weighted by Gasteiger charge is -2.04. The number of fused-ring (bicyclic) bond motifs is 1. The minimum atomic E-state index is -0.345. The van der Waals surface area contributed by atoms with Gasteiger partial charge in [0.05, 0.1) is 11.6 Å². The quantitative estimate of drug-likeness (QED) is 0.908. The van der Waals surface area contributed by atoms with E-state index in [2.05, 4.69) is 21.0 Å². The third-order valence-electron chi connectivity index (χ3n) is 2.41. The summed E-state index contributed by atoms with van der Waals surface area (Å²) in [7, 11) is 1.91. The molecular weight excluding hydrogens is 256 g/mol. The maximum absolute atomic E-state index is 9.42. The van der Waals surface area contributed by atoms with Gasteiger partial charge in [-0.25, -0.2) is 0 Å². The Morgan fingerprint density at radius 2 is 2.27 bits per heavy atom. The van der Waals surface area contributed by atoms with Crippen LogP contribution in [0.3, 0.4) is 0 Å². The maximum atomic E-state index is 9.42. The second-order valence-electron chi connectivity index (χ2n) is 3.78. The van der Waals surface area contributed by atoms with Crippen LogP contribution in [0.5, 0.6) is 0 Å². The van der Waals surface area contributed by atoms with E-state index in [0.29, 0.717) is 6.42 Å². The molecule has 1 aromatic heterocycles. The molecule has 0 aliphatic carbocycles. The Kier molecular flexibility index (Phi) is 2.80. The van der Waals surface area contributed by atoms with Crippen molar-refractivity contribution in [3.63, 3.8) is 0 Å². The van der Waals surface area contributed by atoms with Gasteiger partial charge in [0.2, 0.25) is 0 Å². The van der Waals surface area contributed by atoms with Crippen LogP contribution in [-0.2, 0) is 13.5 Å². The van der Waals surface area contributed by atoms with Crippen LogP contribution in [0.1, 0.15) is 12.6 Å². The molecule has 1 aromatic carbocycles. The Hall–Kier alpha value is -0.870. The van der Waals surface area contributed by atoms with Gasteiger partial charge in [-0.2, -0.15) is 5.10 Å². The molecule has 0 aliphatic heterocycles. The minimum absolute atomic E-state index is 0.345. The predicted molar refractivity (Wildman–Crippen MR) is 63.8 cm³/mol. The number of rotatable bonds is 2. The Balaban J connectivity index is 2.60. The van der Waals surface area contributed by atoms with Crippen LogP contribution in [0.15, 0.2) is 22.7 Å². The fourth-order valence-corrected chi connectivity index (χ4v) is 2.11. The molecule has 0 radical (unpaired) electrons. The van der Waals surface area contributed by atoms with Gasteiger partial charge in [0, 0.05) is 29.0 Å². The van der Waals surface area contributed by atoms with Crippen LogP contribution in [0.25, 0.3) is 10.9 Å². The lowest BCUT2D eigenvalue weighted by molar-refractivity contribution is 0.193. The summed E-state index contributed by atoms with van der Waals surface area (Å²) in [5.74, 6) is 0. The molecule has 80 valence electrons. The van der Waals surface area contributed by atoms with Crippen LogP contribution in [-0.4, -0.2) is 21.0 Å². The Labute approximate surface area is 96.8 Å². The van der Waals surface area contributed by atoms with Gasteiger partial charge in [0.15, 0.2) is 0 Å². The molecule has 3 nitrogen and oxygen atoms in total. The Bertz CT molecular complexity index is 491. The van der Waals surface area contributed by atoms with Crippen LogP contribution in [0, 0.1) is 0 Å². The summed E-state index contributed by atoms with van der Waals surface area (Å²) in [5, 5.41) is 14.9. The molecule has 1 heterocycles. The lowest BCUT2D eigenvalue weighted by Crippen LogP contribution is -2.08. The highest BCUT2D eigenvalue weighted by molar-refractivity contribution is 9.10. The zero-order valence-electron chi connectivity index (χ0n) is 8.74. The lowest BCUT2D eigenvalue weighted by atomic mass is 10.1. The van der Waals surface area contributed by atoms with Gasteiger partial charge in [-0.3, -0.25) is 4.68 Å². The van der Waals surface area contributed by atoms with E-state index < -0.39 is 0 Å². The molecule has 0 saturated carbocycles. The first kappa shape index (κ1) is 10.6. The van der Waals surface area contributed by atoms with Crippen LogP contribution in [0.2, 0.25) is 0 Å². The van der Waals surface area contributed by atoms with E-state index in [1.54, 1.807) is 6.92 Å². The highest BCUT2D eigenvalue weighted by Crippen LogP contribution is 2.23. The number of nitrogens with zero attached hydrogens (tertiary/aromatic N) is 2. The summed E-state index contributed by atoms with van der Waals surface area (Å²) in [6, 6.07) is 5.99. The van der Waals surface area contributed by atoms with Crippen molar-refractivity contribution >= 4 is 26.8 Å². The van der Waals surface area contributed by atoms with Crippen molar-refractivity contribution in [3.05, 3.63) is 28.4 Å². The summed E-state index contributed by atoms with van der Waals surface area (Å²) in [6.45, 7) is 1.79. The third kappa shape index (κ3) is 2.06. The summed E-state index contributed by atoms with van der Waals surface area (Å²) in [6.07, 6.45) is 0.284. The Morgan fingerprint density at radius 1 is 1.53 bits per heavy atom. The van der Waals surface area contributed by atoms with E-state index in [1.165, 1.54) is 0 Å². The SMILES string of the molecule is CC(O)Cc1c2cc(Br)ccc2nn1C. The average molecular weight is 269 g/mol. The number of aliphatic hydroxyl groups excluding tert-OH is 1. The number of hydrogen-bond acceptors (Lipinski definition) is 2. The number of aliphatic hydroxyl groups is 1. The van der Waals surface area contributed by atoms with Gasteiger partial charge in [-0.05, 0) is 25.1 Å². The van der Waals surface area contributed by atoms with E-state index in [4.69, 9.17) is 0 Å². The van der Waals surface area contributed by atoms with Crippen molar-refractivity contribution in [2.24, 2.45) is 7.05 Å². The van der Waals surface area contributed by atoms with Crippen molar-refractivity contribution in [3.8, 4) is 0 Å². The van der Waals surface area contributed by atoms with Crippen molar-refractivity contribution in [2.45, 2.75) is 19.4 Å². The smallest absolute Gasteiger partial charge is 0.0926 e. The molecular formula is C11H13BrN2O. The van der Waals surface area contributed by atoms with Gasteiger partial charge in [0.25, 0.3) is 0 Å². The molecule has 1 unspecified atom stereocenters. The van der Waals surface area contributed by atoms with Crippen LogP contribution in [0.4, 0.5) is 0 Å². The minimum Gasteiger partial charge on any atom is -0.393 e. The molecule has 0 saturated heterocycles. The molecule has 1 N–H and O–H groups in total. The maximum Gasteiger partial charge on any atom is 0.0926 e. The molecule has 0 amide bonds. The summed E-state index contributed by atoms with van der Waals surface area (Å²) < 4.78 is 2.87. The third-order valence-corrected chi connectivity index (χ3v) is 2.90. The first-order chi connectivity index (χ1) is 7.08. The van der Waals surface area contributed by atoms with Crippen molar-refractivity contribution in [1.82, 2.24) is 9.78 Å². The number of hydrogen-bond donors (Lipinski definition) is 1. The average Bonchev–Trinajstić information content (AvgIpc) is 2.43. The highest BCUT2D eigenvalue weighted by atomic mass is 79.9. The fourth-order valence-electron chi connectivity index (χ4n) is 1.74. The Morgan fingerprint density at radius 3 is 2.93 bits per heavy atom. The summed E-state index contributed by atoms with van der Waals surface area (Å²) >= 11 is 3.44. The van der Waals surface area contributed by atoms with E-state index >= 15 is 0 Å². The van der Waals surface area contributed by atoms with Gasteiger partial charge in [0.1, 0.15) is 0 Å². The molecule has 0 aliphatic rings. The van der Waals surface area contributed by atoms with Gasteiger partial charge in [-0.15, -0.1) is 0 Å². The van der Waals surface area contributed by atoms with Gasteiger partial charge in [-0.1, -0.05) is 15.9 Å². The summed E-state index contributed by atoms with van der Waals surface area (Å²) in [5.41, 5.74) is 2.04. The molecule has 0 fully saturated rings. The van der Waals surface area contributed by atoms with Crippen molar-refractivity contribution in [1.29, 1.82) is 0 Å². The van der Waals surface area contributed by atoms with E-state index in [-0.39, 0.29) is 6.10 Å². The standard InChI is InChI=1S/C11H13BrN2O/c1-7(15)5-11-9-6-8(12)3-4-10(9)13-14(11)2/h3-4,6-7,15H,5H2,1-2H3. The molecule has 4 heteroatoms. The van der Waals surface area contributed by atoms with Crippen molar-refractivity contribution in [2.75, 3.05) is 0 Å². The second kappa shape index (κ2) is 3.94. The molecule has 1 atom stereocenters. The van der Waals surface area contributed by atoms with E-state index in [1.807, 2.05) is 29.9 Å². The number of halogens is 1. The highest BCUT2D eigenvalue weighted by Gasteiger charge is 2.10. The first-order valence-electron chi connectivity index (χ1n) is 4.87. The largest absolute Gasteiger partial charge is 0.393 e. The van der Waals surface area contributed by atoms with Gasteiger partial charge >= 0.3 is 0 Å². The first-order valence-corrected chi connectivity index (χ1v) is 5.66. The van der Waals surface area contributed by atoms with Crippen LogP contribution < -0.4 is 0 Å². The summed E-state index contributed by atoms with van der Waals surface area (Å²) in [4.78, 5) is 0.